The monoisotopic (exact) mass is 367 g/mol. The standard InChI is InChI=1S/C19H27F2N3O2/c1-13(2)23(4)19(26)14-7-9-24(10-8-14)18(25)12-22(3)15-5-6-16(20)17(21)11-15/h5-6,11,13-14H,7-10,12H2,1-4H3. The molecule has 1 aliphatic heterocycles. The van der Waals surface area contributed by atoms with E-state index in [1.807, 2.05) is 13.8 Å². The lowest BCUT2D eigenvalue weighted by Crippen LogP contribution is -2.47. The van der Waals surface area contributed by atoms with Crippen LogP contribution in [0.15, 0.2) is 18.2 Å². The number of nitrogens with zero attached hydrogens (tertiary/aromatic N) is 3. The number of likely N-dealkylation sites (tertiary alicyclic amines) is 1. The van der Waals surface area contributed by atoms with Crippen LogP contribution in [-0.2, 0) is 9.59 Å². The van der Waals surface area contributed by atoms with Crippen molar-refractivity contribution in [2.75, 3.05) is 38.6 Å². The second-order valence-electron chi connectivity index (χ2n) is 7.15. The number of carbonyl (C=O) groups excluding carboxylic acids is 2. The van der Waals surface area contributed by atoms with Crippen LogP contribution in [0.3, 0.4) is 0 Å². The predicted octanol–water partition coefficient (Wildman–Crippen LogP) is 2.51. The van der Waals surface area contributed by atoms with Gasteiger partial charge in [-0.1, -0.05) is 0 Å². The van der Waals surface area contributed by atoms with Crippen LogP contribution in [0.2, 0.25) is 0 Å². The van der Waals surface area contributed by atoms with Gasteiger partial charge in [0.05, 0.1) is 6.54 Å². The van der Waals surface area contributed by atoms with Crippen molar-refractivity contribution in [1.29, 1.82) is 0 Å². The van der Waals surface area contributed by atoms with Gasteiger partial charge in [0.2, 0.25) is 11.8 Å². The molecule has 1 fully saturated rings. The summed E-state index contributed by atoms with van der Waals surface area (Å²) in [6.07, 6.45) is 1.30. The predicted molar refractivity (Wildman–Crippen MR) is 96.8 cm³/mol. The van der Waals surface area contributed by atoms with Gasteiger partial charge in [-0.2, -0.15) is 0 Å². The molecule has 1 aliphatic rings. The van der Waals surface area contributed by atoms with Crippen molar-refractivity contribution in [3.05, 3.63) is 29.8 Å². The summed E-state index contributed by atoms with van der Waals surface area (Å²) < 4.78 is 26.4. The zero-order chi connectivity index (χ0) is 19.4. The summed E-state index contributed by atoms with van der Waals surface area (Å²) in [6, 6.07) is 3.73. The zero-order valence-electron chi connectivity index (χ0n) is 15.8. The summed E-state index contributed by atoms with van der Waals surface area (Å²) >= 11 is 0. The first kappa shape index (κ1) is 20.1. The van der Waals surface area contributed by atoms with Gasteiger partial charge in [-0.25, -0.2) is 8.78 Å². The number of hydrogen-bond donors (Lipinski definition) is 0. The van der Waals surface area contributed by atoms with Crippen molar-refractivity contribution in [2.45, 2.75) is 32.7 Å². The minimum Gasteiger partial charge on any atom is -0.365 e. The molecule has 0 unspecified atom stereocenters. The van der Waals surface area contributed by atoms with E-state index in [0.29, 0.717) is 31.6 Å². The summed E-state index contributed by atoms with van der Waals surface area (Å²) in [6.45, 7) is 5.10. The number of amides is 2. The molecule has 144 valence electrons. The first-order chi connectivity index (χ1) is 12.2. The minimum atomic E-state index is -0.935. The van der Waals surface area contributed by atoms with Crippen LogP contribution in [0.25, 0.3) is 0 Å². The number of benzene rings is 1. The Balaban J connectivity index is 1.88. The minimum absolute atomic E-state index is 0.0459. The molecule has 5 nitrogen and oxygen atoms in total. The maximum absolute atomic E-state index is 13.3. The Bertz CT molecular complexity index is 658. The average molecular weight is 367 g/mol. The molecule has 1 aromatic rings. The van der Waals surface area contributed by atoms with Gasteiger partial charge in [0.1, 0.15) is 0 Å². The van der Waals surface area contributed by atoms with E-state index in [0.717, 1.165) is 12.1 Å². The van der Waals surface area contributed by atoms with Gasteiger partial charge in [0.25, 0.3) is 0 Å². The lowest BCUT2D eigenvalue weighted by Gasteiger charge is -2.35. The van der Waals surface area contributed by atoms with Gasteiger partial charge in [0.15, 0.2) is 11.6 Å². The third kappa shape index (κ3) is 4.71. The molecule has 0 aliphatic carbocycles. The lowest BCUT2D eigenvalue weighted by atomic mass is 9.95. The second kappa shape index (κ2) is 8.47. The van der Waals surface area contributed by atoms with Crippen molar-refractivity contribution in [3.8, 4) is 0 Å². The molecule has 0 aromatic heterocycles. The second-order valence-corrected chi connectivity index (χ2v) is 7.15. The van der Waals surface area contributed by atoms with E-state index in [1.54, 1.807) is 28.8 Å². The number of piperidine rings is 1. The van der Waals surface area contributed by atoms with Crippen molar-refractivity contribution in [1.82, 2.24) is 9.80 Å². The molecular formula is C19H27F2N3O2. The Kier molecular flexibility index (Phi) is 6.56. The third-order valence-corrected chi connectivity index (χ3v) is 5.04. The maximum atomic E-state index is 13.3. The highest BCUT2D eigenvalue weighted by Crippen LogP contribution is 2.21. The van der Waals surface area contributed by atoms with Crippen LogP contribution < -0.4 is 4.90 Å². The van der Waals surface area contributed by atoms with Crippen LogP contribution >= 0.6 is 0 Å². The van der Waals surface area contributed by atoms with E-state index >= 15 is 0 Å². The molecule has 0 radical (unpaired) electrons. The molecule has 0 bridgehead atoms. The number of anilines is 1. The Labute approximate surface area is 153 Å². The van der Waals surface area contributed by atoms with E-state index in [-0.39, 0.29) is 30.3 Å². The Morgan fingerprint density at radius 1 is 1.15 bits per heavy atom. The summed E-state index contributed by atoms with van der Waals surface area (Å²) in [5.41, 5.74) is 0.445. The fourth-order valence-electron chi connectivity index (χ4n) is 3.03. The van der Waals surface area contributed by atoms with Crippen molar-refractivity contribution in [2.24, 2.45) is 5.92 Å². The Morgan fingerprint density at radius 3 is 2.31 bits per heavy atom. The van der Waals surface area contributed by atoms with Crippen LogP contribution in [0.1, 0.15) is 26.7 Å². The van der Waals surface area contributed by atoms with Crippen molar-refractivity contribution < 1.29 is 18.4 Å². The molecule has 26 heavy (non-hydrogen) atoms. The molecule has 1 aromatic carbocycles. The van der Waals surface area contributed by atoms with Crippen LogP contribution in [0.4, 0.5) is 14.5 Å². The fourth-order valence-corrected chi connectivity index (χ4v) is 3.03. The normalized spacial score (nSPS) is 15.3. The molecule has 0 spiro atoms. The molecule has 0 saturated carbocycles. The quantitative estimate of drug-likeness (QED) is 0.803. The zero-order valence-corrected chi connectivity index (χ0v) is 15.8. The third-order valence-electron chi connectivity index (χ3n) is 5.04. The largest absolute Gasteiger partial charge is 0.365 e. The molecule has 0 atom stereocenters. The molecule has 1 heterocycles. The molecular weight excluding hydrogens is 340 g/mol. The number of hydrogen-bond acceptors (Lipinski definition) is 3. The SMILES string of the molecule is CC(C)N(C)C(=O)C1CCN(C(=O)CN(C)c2ccc(F)c(F)c2)CC1. The van der Waals surface area contributed by atoms with Crippen LogP contribution in [0.5, 0.6) is 0 Å². The number of carbonyl (C=O) groups is 2. The van der Waals surface area contributed by atoms with E-state index in [4.69, 9.17) is 0 Å². The first-order valence-electron chi connectivity index (χ1n) is 8.91. The lowest BCUT2D eigenvalue weighted by molar-refractivity contribution is -0.140. The molecule has 0 N–H and O–H groups in total. The number of halogens is 2. The van der Waals surface area contributed by atoms with Gasteiger partial charge in [-0.05, 0) is 38.8 Å². The highest BCUT2D eigenvalue weighted by Gasteiger charge is 2.30. The highest BCUT2D eigenvalue weighted by molar-refractivity contribution is 5.82. The van der Waals surface area contributed by atoms with Gasteiger partial charge in [-0.3, -0.25) is 9.59 Å². The van der Waals surface area contributed by atoms with E-state index in [1.165, 1.54) is 6.07 Å². The van der Waals surface area contributed by atoms with Gasteiger partial charge >= 0.3 is 0 Å². The highest BCUT2D eigenvalue weighted by atomic mass is 19.2. The van der Waals surface area contributed by atoms with Gasteiger partial charge < -0.3 is 14.7 Å². The average Bonchev–Trinajstić information content (AvgIpc) is 2.62. The van der Waals surface area contributed by atoms with Crippen LogP contribution in [-0.4, -0.2) is 61.4 Å². The maximum Gasteiger partial charge on any atom is 0.242 e. The van der Waals surface area contributed by atoms with Crippen molar-refractivity contribution in [3.63, 3.8) is 0 Å². The van der Waals surface area contributed by atoms with E-state index < -0.39 is 11.6 Å². The molecule has 1 saturated heterocycles. The van der Waals surface area contributed by atoms with Crippen molar-refractivity contribution >= 4 is 17.5 Å². The fraction of sp³-hybridized carbons (Fsp3) is 0.579. The smallest absolute Gasteiger partial charge is 0.242 e. The summed E-state index contributed by atoms with van der Waals surface area (Å²) in [4.78, 5) is 29.9. The van der Waals surface area contributed by atoms with E-state index in [9.17, 15) is 18.4 Å². The summed E-state index contributed by atoms with van der Waals surface area (Å²) in [5, 5.41) is 0. The Morgan fingerprint density at radius 2 is 1.77 bits per heavy atom. The topological polar surface area (TPSA) is 43.9 Å². The summed E-state index contributed by atoms with van der Waals surface area (Å²) in [7, 11) is 3.47. The number of rotatable bonds is 5. The van der Waals surface area contributed by atoms with Gasteiger partial charge in [0, 0.05) is 50.9 Å². The molecule has 7 heteroatoms. The van der Waals surface area contributed by atoms with E-state index in [2.05, 4.69) is 0 Å². The Hall–Kier alpha value is -2.18. The van der Waals surface area contributed by atoms with Crippen LogP contribution in [0, 0.1) is 17.6 Å². The first-order valence-corrected chi connectivity index (χ1v) is 8.91. The number of likely N-dealkylation sites (N-methyl/N-ethyl adjacent to an activating group) is 1. The van der Waals surface area contributed by atoms with Gasteiger partial charge in [-0.15, -0.1) is 0 Å². The summed E-state index contributed by atoms with van der Waals surface area (Å²) in [5.74, 6) is -1.84. The molecule has 2 amide bonds. The molecule has 2 rings (SSSR count).